The van der Waals surface area contributed by atoms with E-state index in [4.69, 9.17) is 10.8 Å². The summed E-state index contributed by atoms with van der Waals surface area (Å²) >= 11 is 0. The van der Waals surface area contributed by atoms with E-state index in [1.807, 2.05) is 32.1 Å². The summed E-state index contributed by atoms with van der Waals surface area (Å²) in [6.07, 6.45) is 7.07. The molecule has 0 heterocycles. The molecule has 0 spiro atoms. The van der Waals surface area contributed by atoms with Crippen LogP contribution in [0.1, 0.15) is 26.7 Å². The van der Waals surface area contributed by atoms with E-state index < -0.39 is 6.04 Å². The van der Waals surface area contributed by atoms with Crippen LogP contribution < -0.4 is 11.1 Å². The van der Waals surface area contributed by atoms with Gasteiger partial charge in [-0.1, -0.05) is 32.1 Å². The maximum absolute atomic E-state index is 11.8. The van der Waals surface area contributed by atoms with Crippen LogP contribution in [0.4, 0.5) is 0 Å². The SMILES string of the molecule is CC(C)CC(N)C(=O)NC1C=CC(CO)=CC1. The van der Waals surface area contributed by atoms with E-state index in [-0.39, 0.29) is 18.6 Å². The quantitative estimate of drug-likeness (QED) is 0.660. The Labute approximate surface area is 103 Å². The lowest BCUT2D eigenvalue weighted by molar-refractivity contribution is -0.123. The zero-order valence-electron chi connectivity index (χ0n) is 10.5. The van der Waals surface area contributed by atoms with Crippen molar-refractivity contribution in [2.45, 2.75) is 38.8 Å². The number of aliphatic hydroxyl groups excluding tert-OH is 1. The average molecular weight is 238 g/mol. The summed E-state index contributed by atoms with van der Waals surface area (Å²) in [6.45, 7) is 4.14. The van der Waals surface area contributed by atoms with E-state index in [1.165, 1.54) is 0 Å². The molecule has 0 aromatic carbocycles. The molecular weight excluding hydrogens is 216 g/mol. The number of hydrogen-bond acceptors (Lipinski definition) is 3. The number of hydrogen-bond donors (Lipinski definition) is 3. The molecular formula is C13H22N2O2. The molecule has 4 N–H and O–H groups in total. The molecule has 1 aliphatic carbocycles. The van der Waals surface area contributed by atoms with Gasteiger partial charge in [0.15, 0.2) is 0 Å². The molecule has 2 atom stereocenters. The Morgan fingerprint density at radius 3 is 2.82 bits per heavy atom. The van der Waals surface area contributed by atoms with Crippen molar-refractivity contribution in [1.82, 2.24) is 5.32 Å². The number of nitrogens with two attached hydrogens (primary N) is 1. The van der Waals surface area contributed by atoms with Crippen molar-refractivity contribution < 1.29 is 9.90 Å². The summed E-state index contributed by atoms with van der Waals surface area (Å²) in [5.41, 5.74) is 6.69. The van der Waals surface area contributed by atoms with Crippen LogP contribution in [-0.2, 0) is 4.79 Å². The second-order valence-corrected chi connectivity index (χ2v) is 4.88. The first-order chi connectivity index (χ1) is 8.02. The van der Waals surface area contributed by atoms with Crippen LogP contribution in [-0.4, -0.2) is 29.7 Å². The van der Waals surface area contributed by atoms with Gasteiger partial charge in [-0.2, -0.15) is 0 Å². The van der Waals surface area contributed by atoms with E-state index in [9.17, 15) is 4.79 Å². The second-order valence-electron chi connectivity index (χ2n) is 4.88. The van der Waals surface area contributed by atoms with Crippen molar-refractivity contribution in [3.8, 4) is 0 Å². The van der Waals surface area contributed by atoms with Gasteiger partial charge in [-0.25, -0.2) is 0 Å². The number of carbonyl (C=O) groups excluding carboxylic acids is 1. The molecule has 2 unspecified atom stereocenters. The Kier molecular flexibility index (Phi) is 5.38. The molecule has 0 fully saturated rings. The standard InChI is InChI=1S/C13H22N2O2/c1-9(2)7-12(14)13(17)15-11-5-3-10(8-16)4-6-11/h3-5,9,11-12,16H,6-8,14H2,1-2H3,(H,15,17). The Bertz CT molecular complexity index is 321. The van der Waals surface area contributed by atoms with Gasteiger partial charge < -0.3 is 16.2 Å². The minimum absolute atomic E-state index is 0.00369. The number of carbonyl (C=O) groups is 1. The predicted molar refractivity (Wildman–Crippen MR) is 68.3 cm³/mol. The van der Waals surface area contributed by atoms with Crippen molar-refractivity contribution in [3.63, 3.8) is 0 Å². The van der Waals surface area contributed by atoms with Crippen LogP contribution in [0.3, 0.4) is 0 Å². The van der Waals surface area contributed by atoms with Gasteiger partial charge in [0.05, 0.1) is 18.7 Å². The van der Waals surface area contributed by atoms with Crippen molar-refractivity contribution in [3.05, 3.63) is 23.8 Å². The van der Waals surface area contributed by atoms with Crippen LogP contribution in [0.15, 0.2) is 23.8 Å². The van der Waals surface area contributed by atoms with Crippen LogP contribution in [0.2, 0.25) is 0 Å². The zero-order valence-corrected chi connectivity index (χ0v) is 10.5. The fourth-order valence-corrected chi connectivity index (χ4v) is 1.79. The largest absolute Gasteiger partial charge is 0.392 e. The van der Waals surface area contributed by atoms with Crippen molar-refractivity contribution in [2.75, 3.05) is 6.61 Å². The number of amides is 1. The lowest BCUT2D eigenvalue weighted by Crippen LogP contribution is -2.45. The highest BCUT2D eigenvalue weighted by Crippen LogP contribution is 2.10. The molecule has 96 valence electrons. The first-order valence-corrected chi connectivity index (χ1v) is 6.07. The third kappa shape index (κ3) is 4.71. The normalized spacial score (nSPS) is 21.2. The van der Waals surface area contributed by atoms with Crippen LogP contribution in [0.5, 0.6) is 0 Å². The fraction of sp³-hybridized carbons (Fsp3) is 0.615. The summed E-state index contributed by atoms with van der Waals surface area (Å²) < 4.78 is 0. The summed E-state index contributed by atoms with van der Waals surface area (Å²) in [5, 5.41) is 11.8. The Balaban J connectivity index is 2.38. The molecule has 1 rings (SSSR count). The summed E-state index contributed by atoms with van der Waals surface area (Å²) in [7, 11) is 0. The van der Waals surface area contributed by atoms with E-state index in [0.717, 1.165) is 5.57 Å². The van der Waals surface area contributed by atoms with Gasteiger partial charge >= 0.3 is 0 Å². The van der Waals surface area contributed by atoms with Gasteiger partial charge in [0.2, 0.25) is 5.91 Å². The molecule has 17 heavy (non-hydrogen) atoms. The van der Waals surface area contributed by atoms with Gasteiger partial charge in [-0.05, 0) is 24.3 Å². The van der Waals surface area contributed by atoms with Crippen LogP contribution >= 0.6 is 0 Å². The van der Waals surface area contributed by atoms with E-state index in [0.29, 0.717) is 18.8 Å². The number of rotatable bonds is 5. The van der Waals surface area contributed by atoms with Gasteiger partial charge in [0.1, 0.15) is 0 Å². The molecule has 0 aliphatic heterocycles. The monoisotopic (exact) mass is 238 g/mol. The molecule has 1 amide bonds. The van der Waals surface area contributed by atoms with Crippen molar-refractivity contribution >= 4 is 5.91 Å². The molecule has 0 saturated heterocycles. The molecule has 1 aliphatic rings. The van der Waals surface area contributed by atoms with E-state index >= 15 is 0 Å². The third-order valence-corrected chi connectivity index (χ3v) is 2.75. The van der Waals surface area contributed by atoms with Gasteiger partial charge in [-0.15, -0.1) is 0 Å². The van der Waals surface area contributed by atoms with Gasteiger partial charge in [-0.3, -0.25) is 4.79 Å². The van der Waals surface area contributed by atoms with Crippen molar-refractivity contribution in [1.29, 1.82) is 0 Å². The first-order valence-electron chi connectivity index (χ1n) is 6.07. The first kappa shape index (κ1) is 13.9. The van der Waals surface area contributed by atoms with E-state index in [1.54, 1.807) is 0 Å². The Hall–Kier alpha value is -1.13. The Morgan fingerprint density at radius 2 is 2.35 bits per heavy atom. The summed E-state index contributed by atoms with van der Waals surface area (Å²) in [5.74, 6) is 0.313. The Morgan fingerprint density at radius 1 is 1.65 bits per heavy atom. The van der Waals surface area contributed by atoms with E-state index in [2.05, 4.69) is 5.32 Å². The lowest BCUT2D eigenvalue weighted by Gasteiger charge is -2.20. The molecule has 0 bridgehead atoms. The van der Waals surface area contributed by atoms with Crippen LogP contribution in [0.25, 0.3) is 0 Å². The summed E-state index contributed by atoms with van der Waals surface area (Å²) in [6, 6.07) is -0.442. The second kappa shape index (κ2) is 6.57. The fourth-order valence-electron chi connectivity index (χ4n) is 1.79. The number of nitrogens with one attached hydrogen (secondary N) is 1. The molecule has 0 aromatic rings. The third-order valence-electron chi connectivity index (χ3n) is 2.75. The predicted octanol–water partition coefficient (Wildman–Crippen LogP) is 0.723. The zero-order chi connectivity index (χ0) is 12.8. The highest BCUT2D eigenvalue weighted by molar-refractivity contribution is 5.82. The average Bonchev–Trinajstić information content (AvgIpc) is 2.29. The lowest BCUT2D eigenvalue weighted by atomic mass is 10.0. The van der Waals surface area contributed by atoms with Gasteiger partial charge in [0, 0.05) is 0 Å². The smallest absolute Gasteiger partial charge is 0.237 e. The van der Waals surface area contributed by atoms with Gasteiger partial charge in [0.25, 0.3) is 0 Å². The minimum atomic E-state index is -0.438. The maximum Gasteiger partial charge on any atom is 0.237 e. The van der Waals surface area contributed by atoms with Crippen molar-refractivity contribution in [2.24, 2.45) is 11.7 Å². The highest BCUT2D eigenvalue weighted by atomic mass is 16.3. The topological polar surface area (TPSA) is 75.4 Å². The minimum Gasteiger partial charge on any atom is -0.392 e. The molecule has 0 radical (unpaired) electrons. The molecule has 0 saturated carbocycles. The summed E-state index contributed by atoms with van der Waals surface area (Å²) in [4.78, 5) is 11.8. The molecule has 4 nitrogen and oxygen atoms in total. The molecule has 0 aromatic heterocycles. The molecule has 4 heteroatoms. The highest BCUT2D eigenvalue weighted by Gasteiger charge is 2.18. The number of aliphatic hydroxyl groups is 1. The van der Waals surface area contributed by atoms with Crippen LogP contribution in [0, 0.1) is 5.92 Å². The maximum atomic E-state index is 11.8.